The van der Waals surface area contributed by atoms with E-state index in [0.29, 0.717) is 19.4 Å². The van der Waals surface area contributed by atoms with Gasteiger partial charge in [-0.25, -0.2) is 8.42 Å². The Morgan fingerprint density at radius 3 is 2.64 bits per heavy atom. The molecular formula is C17H21N3O4S. The van der Waals surface area contributed by atoms with Crippen LogP contribution in [0.5, 0.6) is 5.75 Å². The van der Waals surface area contributed by atoms with Crippen LogP contribution in [0.2, 0.25) is 0 Å². The summed E-state index contributed by atoms with van der Waals surface area (Å²) in [7, 11) is -2.53. The minimum absolute atomic E-state index is 0.331. The van der Waals surface area contributed by atoms with E-state index in [1.165, 1.54) is 0 Å². The predicted octanol–water partition coefficient (Wildman–Crippen LogP) is 1.75. The molecule has 0 unspecified atom stereocenters. The van der Waals surface area contributed by atoms with Crippen LogP contribution >= 0.6 is 0 Å². The van der Waals surface area contributed by atoms with E-state index in [0.717, 1.165) is 17.1 Å². The van der Waals surface area contributed by atoms with Gasteiger partial charge in [0.1, 0.15) is 18.5 Å². The number of nitrogens with one attached hydrogen (secondary N) is 1. The van der Waals surface area contributed by atoms with E-state index in [-0.39, 0.29) is 5.75 Å². The Bertz CT molecular complexity index is 805. The number of hydrazone groups is 1. The zero-order valence-corrected chi connectivity index (χ0v) is 14.8. The Kier molecular flexibility index (Phi) is 6.91. The van der Waals surface area contributed by atoms with Crippen molar-refractivity contribution < 1.29 is 22.3 Å². The van der Waals surface area contributed by atoms with Crippen molar-refractivity contribution in [3.05, 3.63) is 54.4 Å². The van der Waals surface area contributed by atoms with Crippen molar-refractivity contribution in [2.24, 2.45) is 5.10 Å². The van der Waals surface area contributed by atoms with E-state index in [1.54, 1.807) is 13.3 Å². The zero-order valence-electron chi connectivity index (χ0n) is 14.0. The number of ether oxygens (including phenoxy) is 1. The Labute approximate surface area is 147 Å². The van der Waals surface area contributed by atoms with Crippen molar-refractivity contribution in [1.29, 1.82) is 0 Å². The third kappa shape index (κ3) is 6.90. The number of benzene rings is 1. The van der Waals surface area contributed by atoms with Crippen LogP contribution in [0.15, 0.2) is 53.8 Å². The molecule has 8 heteroatoms. The van der Waals surface area contributed by atoms with E-state index in [9.17, 15) is 13.0 Å². The number of hydrogen-bond donors (Lipinski definition) is 1. The van der Waals surface area contributed by atoms with Crippen LogP contribution in [0.25, 0.3) is 0 Å². The van der Waals surface area contributed by atoms with Gasteiger partial charge in [0, 0.05) is 24.3 Å². The first-order valence-corrected chi connectivity index (χ1v) is 9.41. The normalized spacial score (nSPS) is 11.6. The first-order valence-electron chi connectivity index (χ1n) is 7.83. The number of aromatic nitrogens is 1. The lowest BCUT2D eigenvalue weighted by molar-refractivity contribution is -0.698. The third-order valence-electron chi connectivity index (χ3n) is 3.50. The Morgan fingerprint density at radius 2 is 1.96 bits per heavy atom. The van der Waals surface area contributed by atoms with Crippen LogP contribution in [0.3, 0.4) is 0 Å². The minimum atomic E-state index is -4.14. The molecule has 2 aromatic rings. The molecule has 0 saturated carbocycles. The largest absolute Gasteiger partial charge is 0.748 e. The Hall–Kier alpha value is -2.45. The molecule has 0 spiro atoms. The zero-order chi connectivity index (χ0) is 18.1. The number of unbranched alkanes of at least 4 members (excludes halogenated alkanes) is 1. The van der Waals surface area contributed by atoms with Crippen LogP contribution in [0.4, 0.5) is 5.69 Å². The monoisotopic (exact) mass is 363 g/mol. The van der Waals surface area contributed by atoms with Gasteiger partial charge in [-0.2, -0.15) is 9.67 Å². The van der Waals surface area contributed by atoms with Crippen LogP contribution in [0.1, 0.15) is 18.5 Å². The van der Waals surface area contributed by atoms with Crippen molar-refractivity contribution in [2.45, 2.75) is 19.4 Å². The van der Waals surface area contributed by atoms with Crippen molar-refractivity contribution >= 4 is 22.0 Å². The van der Waals surface area contributed by atoms with E-state index < -0.39 is 10.1 Å². The van der Waals surface area contributed by atoms with E-state index >= 15 is 0 Å². The molecule has 7 nitrogen and oxygen atoms in total. The van der Waals surface area contributed by atoms with Gasteiger partial charge >= 0.3 is 0 Å². The van der Waals surface area contributed by atoms with E-state index in [2.05, 4.69) is 10.5 Å². The number of methoxy groups -OCH3 is 1. The lowest BCUT2D eigenvalue weighted by atomic mass is 10.3. The summed E-state index contributed by atoms with van der Waals surface area (Å²) < 4.78 is 38.9. The van der Waals surface area contributed by atoms with E-state index in [1.807, 2.05) is 53.2 Å². The molecular weight excluding hydrogens is 342 g/mol. The highest BCUT2D eigenvalue weighted by molar-refractivity contribution is 7.85. The smallest absolute Gasteiger partial charge is 0.225 e. The number of nitrogens with zero attached hydrogens (tertiary/aromatic N) is 2. The van der Waals surface area contributed by atoms with Gasteiger partial charge in [0.2, 0.25) is 5.69 Å². The van der Waals surface area contributed by atoms with Gasteiger partial charge < -0.3 is 9.29 Å². The molecule has 2 rings (SSSR count). The molecule has 134 valence electrons. The number of pyridine rings is 1. The molecule has 1 heterocycles. The summed E-state index contributed by atoms with van der Waals surface area (Å²) >= 11 is 0. The van der Waals surface area contributed by atoms with Gasteiger partial charge in [-0.15, -0.1) is 0 Å². The van der Waals surface area contributed by atoms with Crippen molar-refractivity contribution in [3.63, 3.8) is 0 Å². The number of aryl methyl sites for hydroxylation is 1. The second-order valence-corrected chi connectivity index (χ2v) is 6.91. The summed E-state index contributed by atoms with van der Waals surface area (Å²) in [5, 5.41) is 4.21. The maximum atomic E-state index is 10.6. The molecule has 1 N–H and O–H groups in total. The predicted molar refractivity (Wildman–Crippen MR) is 94.6 cm³/mol. The van der Waals surface area contributed by atoms with Crippen LogP contribution in [0, 0.1) is 0 Å². The fraction of sp³-hybridized carbons (Fsp3) is 0.294. The quantitative estimate of drug-likeness (QED) is 0.241. The summed E-state index contributed by atoms with van der Waals surface area (Å²) in [6.45, 7) is 0.611. The fourth-order valence-electron chi connectivity index (χ4n) is 2.21. The molecule has 0 bridgehead atoms. The molecule has 0 atom stereocenters. The van der Waals surface area contributed by atoms with Crippen LogP contribution in [-0.4, -0.2) is 32.0 Å². The molecule has 0 amide bonds. The highest BCUT2D eigenvalue weighted by Gasteiger charge is 2.07. The SMILES string of the molecule is COc1ccc(NN=Cc2cccc[n+]2CCCCS(=O)(=O)[O-])cc1. The summed E-state index contributed by atoms with van der Waals surface area (Å²) in [6, 6.07) is 13.1. The topological polar surface area (TPSA) is 94.7 Å². The molecule has 1 aromatic heterocycles. The second-order valence-electron chi connectivity index (χ2n) is 5.39. The maximum absolute atomic E-state index is 10.6. The molecule has 0 aliphatic carbocycles. The molecule has 25 heavy (non-hydrogen) atoms. The van der Waals surface area contributed by atoms with Gasteiger partial charge in [0.05, 0.1) is 22.9 Å². The molecule has 1 aromatic carbocycles. The summed E-state index contributed by atoms with van der Waals surface area (Å²) in [5.74, 6) is 0.443. The number of anilines is 1. The van der Waals surface area contributed by atoms with Gasteiger partial charge in [-0.1, -0.05) is 0 Å². The molecule has 0 aliphatic heterocycles. The first kappa shape index (κ1) is 18.9. The van der Waals surface area contributed by atoms with Crippen molar-refractivity contribution in [2.75, 3.05) is 18.3 Å². The lowest BCUT2D eigenvalue weighted by Crippen LogP contribution is -2.38. The average Bonchev–Trinajstić information content (AvgIpc) is 2.59. The summed E-state index contributed by atoms with van der Waals surface area (Å²) in [6.07, 6.45) is 4.52. The number of hydrogen-bond acceptors (Lipinski definition) is 6. The van der Waals surface area contributed by atoms with Crippen molar-refractivity contribution in [3.8, 4) is 5.75 Å². The Balaban J connectivity index is 1.92. The third-order valence-corrected chi connectivity index (χ3v) is 4.29. The van der Waals surface area contributed by atoms with Gasteiger partial charge in [-0.05, 0) is 36.8 Å². The molecule has 0 aliphatic rings. The fourth-order valence-corrected chi connectivity index (χ4v) is 2.77. The first-order chi connectivity index (χ1) is 12.0. The maximum Gasteiger partial charge on any atom is 0.225 e. The highest BCUT2D eigenvalue weighted by atomic mass is 32.2. The second kappa shape index (κ2) is 9.14. The summed E-state index contributed by atoms with van der Waals surface area (Å²) in [4.78, 5) is 0. The van der Waals surface area contributed by atoms with Gasteiger partial charge in [0.25, 0.3) is 0 Å². The van der Waals surface area contributed by atoms with Crippen LogP contribution < -0.4 is 14.7 Å². The highest BCUT2D eigenvalue weighted by Crippen LogP contribution is 2.14. The minimum Gasteiger partial charge on any atom is -0.748 e. The standard InChI is InChI=1S/C17H21N3O4S/c1-24-17-9-7-15(8-10-17)19-18-14-16-6-2-3-11-20(16)12-4-5-13-25(21,22)23/h2-3,6-11,14H,4-5,12-13H2,1H3,(H,21,22,23). The number of rotatable bonds is 9. The van der Waals surface area contributed by atoms with E-state index in [4.69, 9.17) is 4.74 Å². The lowest BCUT2D eigenvalue weighted by Gasteiger charge is -2.05. The molecule has 0 saturated heterocycles. The van der Waals surface area contributed by atoms with Crippen LogP contribution in [-0.2, 0) is 16.7 Å². The van der Waals surface area contributed by atoms with Gasteiger partial charge in [-0.3, -0.25) is 5.43 Å². The van der Waals surface area contributed by atoms with Gasteiger partial charge in [0.15, 0.2) is 6.20 Å². The summed E-state index contributed by atoms with van der Waals surface area (Å²) in [5.41, 5.74) is 4.64. The molecule has 0 fully saturated rings. The Morgan fingerprint density at radius 1 is 1.20 bits per heavy atom. The molecule has 0 radical (unpaired) electrons. The van der Waals surface area contributed by atoms with Crippen molar-refractivity contribution in [1.82, 2.24) is 0 Å². The average molecular weight is 363 g/mol.